The number of hydrogen-bond acceptors (Lipinski definition) is 2. The van der Waals surface area contributed by atoms with Crippen LogP contribution in [-0.4, -0.2) is 18.3 Å². The van der Waals surface area contributed by atoms with Gasteiger partial charge in [-0.2, -0.15) is 0 Å². The molecule has 0 spiro atoms. The van der Waals surface area contributed by atoms with Gasteiger partial charge in [-0.1, -0.05) is 6.92 Å². The molecule has 1 unspecified atom stereocenters. The van der Waals surface area contributed by atoms with Gasteiger partial charge in [-0.15, -0.1) is 0 Å². The summed E-state index contributed by atoms with van der Waals surface area (Å²) >= 11 is 2.36. The molecule has 0 amide bonds. The molecule has 1 aliphatic rings. The van der Waals surface area contributed by atoms with Crippen LogP contribution in [0.25, 0.3) is 0 Å². The van der Waals surface area contributed by atoms with E-state index in [4.69, 9.17) is 4.99 Å². The second kappa shape index (κ2) is 7.34. The van der Waals surface area contributed by atoms with E-state index in [2.05, 4.69) is 99.4 Å². The average molecular weight is 460 g/mol. The Kier molecular flexibility index (Phi) is 5.48. The molecule has 3 heteroatoms. The summed E-state index contributed by atoms with van der Waals surface area (Å²) in [6, 6.07) is 11.1. The Morgan fingerprint density at radius 2 is 1.92 bits per heavy atom. The summed E-state index contributed by atoms with van der Waals surface area (Å²) < 4.78 is 1.28. The molecule has 1 aliphatic heterocycles. The van der Waals surface area contributed by atoms with Crippen molar-refractivity contribution in [2.75, 3.05) is 11.4 Å². The van der Waals surface area contributed by atoms with Crippen LogP contribution in [0.15, 0.2) is 35.3 Å². The van der Waals surface area contributed by atoms with Crippen LogP contribution in [-0.2, 0) is 0 Å². The number of aryl methyl sites for hydroxylation is 2. The molecule has 0 aromatic heterocycles. The van der Waals surface area contributed by atoms with Crippen molar-refractivity contribution in [3.63, 3.8) is 0 Å². The maximum Gasteiger partial charge on any atom is 0.0633 e. The topological polar surface area (TPSA) is 15.6 Å². The second-order valence-electron chi connectivity index (χ2n) is 8.12. The molecule has 0 radical (unpaired) electrons. The van der Waals surface area contributed by atoms with Crippen LogP contribution in [0.5, 0.6) is 0 Å². The first kappa shape index (κ1) is 19.4. The SMILES string of the molecule is CCN1c2cc(C)c(C=Nc3ccc(I)c(C)c3)cc2C(C)CC1(C)C. The maximum atomic E-state index is 4.74. The number of hydrogen-bond donors (Lipinski definition) is 0. The number of aliphatic imine (C=N–C) groups is 1. The van der Waals surface area contributed by atoms with Crippen molar-refractivity contribution in [3.05, 3.63) is 56.2 Å². The van der Waals surface area contributed by atoms with E-state index in [0.29, 0.717) is 5.92 Å². The fourth-order valence-corrected chi connectivity index (χ4v) is 4.58. The van der Waals surface area contributed by atoms with Crippen LogP contribution in [0.4, 0.5) is 11.4 Å². The Bertz CT molecular complexity index is 852. The highest BCUT2D eigenvalue weighted by molar-refractivity contribution is 14.1. The minimum atomic E-state index is 0.210. The van der Waals surface area contributed by atoms with Crippen molar-refractivity contribution in [2.45, 2.75) is 59.4 Å². The van der Waals surface area contributed by atoms with Gasteiger partial charge in [-0.25, -0.2) is 0 Å². The van der Waals surface area contributed by atoms with Gasteiger partial charge in [0.1, 0.15) is 0 Å². The van der Waals surface area contributed by atoms with Gasteiger partial charge in [0.2, 0.25) is 0 Å². The zero-order chi connectivity index (χ0) is 19.1. The Morgan fingerprint density at radius 1 is 1.19 bits per heavy atom. The lowest BCUT2D eigenvalue weighted by molar-refractivity contribution is 0.381. The van der Waals surface area contributed by atoms with E-state index >= 15 is 0 Å². The van der Waals surface area contributed by atoms with Gasteiger partial charge < -0.3 is 4.90 Å². The largest absolute Gasteiger partial charge is 0.366 e. The molecule has 0 saturated heterocycles. The van der Waals surface area contributed by atoms with Crippen molar-refractivity contribution in [3.8, 4) is 0 Å². The Morgan fingerprint density at radius 3 is 2.58 bits per heavy atom. The van der Waals surface area contributed by atoms with Gasteiger partial charge in [0.15, 0.2) is 0 Å². The van der Waals surface area contributed by atoms with Crippen LogP contribution in [0, 0.1) is 17.4 Å². The quantitative estimate of drug-likeness (QED) is 0.365. The molecule has 1 atom stereocenters. The normalized spacial score (nSPS) is 19.0. The molecule has 26 heavy (non-hydrogen) atoms. The van der Waals surface area contributed by atoms with E-state index in [-0.39, 0.29) is 5.54 Å². The molecule has 0 N–H and O–H groups in total. The van der Waals surface area contributed by atoms with Gasteiger partial charge in [0, 0.05) is 27.6 Å². The molecule has 0 aliphatic carbocycles. The van der Waals surface area contributed by atoms with Crippen LogP contribution >= 0.6 is 22.6 Å². The average Bonchev–Trinajstić information content (AvgIpc) is 2.56. The summed E-state index contributed by atoms with van der Waals surface area (Å²) in [5.41, 5.74) is 7.87. The number of rotatable bonds is 3. The number of benzene rings is 2. The standard InChI is InChI=1S/C23H29IN2/c1-7-26-22-11-15(2)18(12-20(22)17(4)13-23(26,5)6)14-25-19-8-9-21(24)16(3)10-19/h8-12,14,17H,7,13H2,1-6H3. The lowest BCUT2D eigenvalue weighted by Gasteiger charge is -2.47. The first-order chi connectivity index (χ1) is 12.2. The smallest absolute Gasteiger partial charge is 0.0633 e. The number of nitrogens with zero attached hydrogens (tertiary/aromatic N) is 2. The lowest BCUT2D eigenvalue weighted by atomic mass is 9.79. The van der Waals surface area contributed by atoms with Crippen molar-refractivity contribution >= 4 is 40.2 Å². The van der Waals surface area contributed by atoms with Crippen LogP contribution in [0.1, 0.15) is 62.3 Å². The van der Waals surface area contributed by atoms with Crippen molar-refractivity contribution in [1.82, 2.24) is 0 Å². The summed E-state index contributed by atoms with van der Waals surface area (Å²) in [5.74, 6) is 0.566. The maximum absolute atomic E-state index is 4.74. The predicted octanol–water partition coefficient (Wildman–Crippen LogP) is 6.77. The highest BCUT2D eigenvalue weighted by Gasteiger charge is 2.35. The van der Waals surface area contributed by atoms with Gasteiger partial charge in [0.25, 0.3) is 0 Å². The number of anilines is 1. The molecular weight excluding hydrogens is 431 g/mol. The third-order valence-electron chi connectivity index (χ3n) is 5.58. The minimum absolute atomic E-state index is 0.210. The first-order valence-electron chi connectivity index (χ1n) is 9.45. The summed E-state index contributed by atoms with van der Waals surface area (Å²) in [5, 5.41) is 0. The van der Waals surface area contributed by atoms with E-state index in [1.165, 1.54) is 37.9 Å². The third kappa shape index (κ3) is 3.68. The summed E-state index contributed by atoms with van der Waals surface area (Å²) in [6.45, 7) is 14.7. The fourth-order valence-electron chi connectivity index (χ4n) is 4.24. The van der Waals surface area contributed by atoms with Crippen molar-refractivity contribution in [1.29, 1.82) is 0 Å². The molecule has 1 heterocycles. The van der Waals surface area contributed by atoms with E-state index in [0.717, 1.165) is 12.2 Å². The number of fused-ring (bicyclic) bond motifs is 1. The van der Waals surface area contributed by atoms with Crippen LogP contribution in [0.2, 0.25) is 0 Å². The molecule has 0 saturated carbocycles. The Labute approximate surface area is 171 Å². The first-order valence-corrected chi connectivity index (χ1v) is 10.5. The molecule has 0 fully saturated rings. The van der Waals surface area contributed by atoms with Gasteiger partial charge >= 0.3 is 0 Å². The fraction of sp³-hybridized carbons (Fsp3) is 0.435. The van der Waals surface area contributed by atoms with E-state index in [9.17, 15) is 0 Å². The zero-order valence-electron chi connectivity index (χ0n) is 16.7. The monoisotopic (exact) mass is 460 g/mol. The molecular formula is C23H29IN2. The molecule has 0 bridgehead atoms. The molecule has 3 rings (SSSR count). The highest BCUT2D eigenvalue weighted by atomic mass is 127. The predicted molar refractivity (Wildman–Crippen MR) is 122 cm³/mol. The third-order valence-corrected chi connectivity index (χ3v) is 6.79. The van der Waals surface area contributed by atoms with Crippen LogP contribution < -0.4 is 4.90 Å². The lowest BCUT2D eigenvalue weighted by Crippen LogP contribution is -2.48. The highest BCUT2D eigenvalue weighted by Crippen LogP contribution is 2.44. The summed E-state index contributed by atoms with van der Waals surface area (Å²) in [6.07, 6.45) is 3.21. The van der Waals surface area contributed by atoms with Gasteiger partial charge in [0.05, 0.1) is 5.69 Å². The number of halogens is 1. The molecule has 2 aromatic carbocycles. The van der Waals surface area contributed by atoms with Gasteiger partial charge in [-0.05, 0) is 122 Å². The van der Waals surface area contributed by atoms with Crippen LogP contribution in [0.3, 0.4) is 0 Å². The van der Waals surface area contributed by atoms with Crippen molar-refractivity contribution in [2.24, 2.45) is 4.99 Å². The van der Waals surface area contributed by atoms with E-state index < -0.39 is 0 Å². The Balaban J connectivity index is 1.99. The zero-order valence-corrected chi connectivity index (χ0v) is 18.9. The molecule has 2 nitrogen and oxygen atoms in total. The molecule has 138 valence electrons. The van der Waals surface area contributed by atoms with Crippen molar-refractivity contribution < 1.29 is 0 Å². The van der Waals surface area contributed by atoms with E-state index in [1.807, 2.05) is 6.21 Å². The minimum Gasteiger partial charge on any atom is -0.366 e. The van der Waals surface area contributed by atoms with E-state index in [1.54, 1.807) is 0 Å². The van der Waals surface area contributed by atoms with Gasteiger partial charge in [-0.3, -0.25) is 4.99 Å². The Hall–Kier alpha value is -1.36. The second-order valence-corrected chi connectivity index (χ2v) is 9.28. The summed E-state index contributed by atoms with van der Waals surface area (Å²) in [4.78, 5) is 7.29. The summed E-state index contributed by atoms with van der Waals surface area (Å²) in [7, 11) is 0. The molecule has 2 aromatic rings.